The maximum Gasteiger partial charge on any atom is 0.267 e. The van der Waals surface area contributed by atoms with Crippen molar-refractivity contribution in [1.29, 1.82) is 0 Å². The molecule has 0 atom stereocenters. The lowest BCUT2D eigenvalue weighted by molar-refractivity contribution is 0.0968. The van der Waals surface area contributed by atoms with Crippen LogP contribution in [0.2, 0.25) is 0 Å². The fraction of sp³-hybridized carbons (Fsp3) is 0.154. The first-order valence-electron chi connectivity index (χ1n) is 5.50. The van der Waals surface area contributed by atoms with Crippen molar-refractivity contribution in [3.05, 3.63) is 60.2 Å². The van der Waals surface area contributed by atoms with E-state index in [4.69, 9.17) is 0 Å². The van der Waals surface area contributed by atoms with Crippen LogP contribution in [0.5, 0.6) is 0 Å². The highest BCUT2D eigenvalue weighted by atomic mass is 127. The van der Waals surface area contributed by atoms with Crippen molar-refractivity contribution < 1.29 is 4.79 Å². The molecule has 0 aliphatic carbocycles. The van der Waals surface area contributed by atoms with Crippen LogP contribution in [0.1, 0.15) is 16.2 Å². The molecule has 0 spiro atoms. The van der Waals surface area contributed by atoms with Gasteiger partial charge in [0, 0.05) is 16.2 Å². The summed E-state index contributed by atoms with van der Waals surface area (Å²) in [5.74, 6) is 0.410. The lowest BCUT2D eigenvalue weighted by Gasteiger charge is -2.09. The van der Waals surface area contributed by atoms with E-state index in [1.54, 1.807) is 25.1 Å². The van der Waals surface area contributed by atoms with Crippen LogP contribution < -0.4 is 5.56 Å². The molecule has 2 rings (SSSR count). The summed E-state index contributed by atoms with van der Waals surface area (Å²) >= 11 is 5.25. The number of ketones is 1. The Morgan fingerprint density at radius 2 is 2.11 bits per heavy atom. The third-order valence-corrected chi connectivity index (χ3v) is 4.11. The van der Waals surface area contributed by atoms with Crippen molar-refractivity contribution in [2.24, 2.45) is 0 Å². The Morgan fingerprint density at radius 1 is 1.42 bits per heavy atom. The first kappa shape index (κ1) is 14.4. The highest BCUT2D eigenvalue weighted by Gasteiger charge is 2.13. The molecule has 0 radical (unpaired) electrons. The van der Waals surface area contributed by atoms with Crippen LogP contribution in [0.4, 0.5) is 0 Å². The Morgan fingerprint density at radius 3 is 2.79 bits per heavy atom. The van der Waals surface area contributed by atoms with Crippen LogP contribution in [0.25, 0.3) is 0 Å². The number of nitrogens with zero attached hydrogens (tertiary/aromatic N) is 2. The van der Waals surface area contributed by atoms with Crippen molar-refractivity contribution in [3.8, 4) is 0 Å². The van der Waals surface area contributed by atoms with E-state index in [9.17, 15) is 9.59 Å². The van der Waals surface area contributed by atoms with Crippen LogP contribution in [0, 0.1) is 10.5 Å². The minimum atomic E-state index is -0.187. The second kappa shape index (κ2) is 5.96. The highest BCUT2D eigenvalue weighted by molar-refractivity contribution is 14.1. The van der Waals surface area contributed by atoms with Crippen molar-refractivity contribution in [3.63, 3.8) is 0 Å². The fourth-order valence-corrected chi connectivity index (χ4v) is 2.59. The van der Waals surface area contributed by atoms with Gasteiger partial charge in [-0.15, -0.1) is 0 Å². The minimum Gasteiger partial charge on any atom is -0.292 e. The van der Waals surface area contributed by atoms with Gasteiger partial charge in [0.25, 0.3) is 5.56 Å². The minimum absolute atomic E-state index is 0.00286. The van der Waals surface area contributed by atoms with Gasteiger partial charge in [0.2, 0.25) is 0 Å². The Hall–Kier alpha value is -1.02. The van der Waals surface area contributed by atoms with Gasteiger partial charge in [-0.2, -0.15) is 0 Å². The SMILES string of the molecule is Cc1ncc(I)c(=O)n1CC(=O)c1ccccc1Br. The number of aromatic nitrogens is 2. The van der Waals surface area contributed by atoms with Gasteiger partial charge in [-0.05, 0) is 35.6 Å². The van der Waals surface area contributed by atoms with Gasteiger partial charge < -0.3 is 0 Å². The van der Waals surface area contributed by atoms with Gasteiger partial charge in [0.05, 0.1) is 10.1 Å². The standard InChI is InChI=1S/C13H10BrIN2O2/c1-8-16-6-11(15)13(19)17(8)7-12(18)9-4-2-3-5-10(9)14/h2-6H,7H2,1H3. The van der Waals surface area contributed by atoms with E-state index in [0.717, 1.165) is 4.47 Å². The van der Waals surface area contributed by atoms with E-state index in [1.807, 2.05) is 28.7 Å². The van der Waals surface area contributed by atoms with E-state index < -0.39 is 0 Å². The number of benzene rings is 1. The van der Waals surface area contributed by atoms with Gasteiger partial charge in [-0.3, -0.25) is 14.2 Å². The second-order valence-electron chi connectivity index (χ2n) is 3.95. The maximum atomic E-state index is 12.2. The van der Waals surface area contributed by atoms with Crippen LogP contribution in [0.3, 0.4) is 0 Å². The van der Waals surface area contributed by atoms with E-state index >= 15 is 0 Å². The van der Waals surface area contributed by atoms with Crippen LogP contribution in [-0.4, -0.2) is 15.3 Å². The normalized spacial score (nSPS) is 10.5. The summed E-state index contributed by atoms with van der Waals surface area (Å²) in [6.45, 7) is 1.71. The molecule has 0 N–H and O–H groups in total. The lowest BCUT2D eigenvalue weighted by atomic mass is 10.1. The Labute approximate surface area is 132 Å². The number of carbonyl (C=O) groups excluding carboxylic acids is 1. The topological polar surface area (TPSA) is 52.0 Å². The van der Waals surface area contributed by atoms with Crippen LogP contribution in [-0.2, 0) is 6.54 Å². The van der Waals surface area contributed by atoms with Crippen molar-refractivity contribution >= 4 is 44.3 Å². The number of hydrogen-bond donors (Lipinski definition) is 0. The summed E-state index contributed by atoms with van der Waals surface area (Å²) < 4.78 is 2.62. The molecule has 1 aromatic heterocycles. The molecule has 1 heterocycles. The Balaban J connectivity index is 2.38. The number of aryl methyl sites for hydroxylation is 1. The number of hydrogen-bond acceptors (Lipinski definition) is 3. The molecule has 6 heteroatoms. The van der Waals surface area contributed by atoms with Gasteiger partial charge in [-0.25, -0.2) is 4.98 Å². The first-order chi connectivity index (χ1) is 9.00. The van der Waals surface area contributed by atoms with Gasteiger partial charge in [-0.1, -0.05) is 34.1 Å². The van der Waals surface area contributed by atoms with Gasteiger partial charge >= 0.3 is 0 Å². The summed E-state index contributed by atoms with van der Waals surface area (Å²) in [5.41, 5.74) is 0.376. The molecule has 0 amide bonds. The van der Waals surface area contributed by atoms with Crippen molar-refractivity contribution in [1.82, 2.24) is 9.55 Å². The smallest absolute Gasteiger partial charge is 0.267 e. The monoisotopic (exact) mass is 432 g/mol. The quantitative estimate of drug-likeness (QED) is 0.553. The third-order valence-electron chi connectivity index (χ3n) is 2.68. The van der Waals surface area contributed by atoms with Crippen LogP contribution >= 0.6 is 38.5 Å². The number of carbonyl (C=O) groups is 1. The number of halogens is 2. The second-order valence-corrected chi connectivity index (χ2v) is 5.96. The van der Waals surface area contributed by atoms with E-state index in [-0.39, 0.29) is 17.9 Å². The molecular weight excluding hydrogens is 423 g/mol. The first-order valence-corrected chi connectivity index (χ1v) is 7.37. The van der Waals surface area contributed by atoms with E-state index in [1.165, 1.54) is 10.8 Å². The Bertz CT molecular complexity index is 697. The van der Waals surface area contributed by atoms with E-state index in [0.29, 0.717) is 15.0 Å². The molecule has 0 bridgehead atoms. The fourth-order valence-electron chi connectivity index (χ4n) is 1.65. The van der Waals surface area contributed by atoms with E-state index in [2.05, 4.69) is 20.9 Å². The molecule has 1 aromatic carbocycles. The van der Waals surface area contributed by atoms with Crippen molar-refractivity contribution in [2.75, 3.05) is 0 Å². The van der Waals surface area contributed by atoms with Crippen molar-refractivity contribution in [2.45, 2.75) is 13.5 Å². The molecule has 98 valence electrons. The summed E-state index contributed by atoms with van der Waals surface area (Å²) in [7, 11) is 0. The molecule has 0 aliphatic heterocycles. The zero-order valence-corrected chi connectivity index (χ0v) is 13.8. The molecule has 0 saturated carbocycles. The Kier molecular flexibility index (Phi) is 4.51. The predicted molar refractivity (Wildman–Crippen MR) is 84.4 cm³/mol. The van der Waals surface area contributed by atoms with Gasteiger partial charge in [0.15, 0.2) is 5.78 Å². The molecule has 4 nitrogen and oxygen atoms in total. The molecule has 19 heavy (non-hydrogen) atoms. The van der Waals surface area contributed by atoms with Crippen LogP contribution in [0.15, 0.2) is 39.7 Å². The summed E-state index contributed by atoms with van der Waals surface area (Å²) in [5, 5.41) is 0. The lowest BCUT2D eigenvalue weighted by Crippen LogP contribution is -2.29. The molecule has 0 aliphatic rings. The third kappa shape index (κ3) is 3.11. The zero-order chi connectivity index (χ0) is 14.0. The summed E-state index contributed by atoms with van der Waals surface area (Å²) in [6, 6.07) is 7.16. The average molecular weight is 433 g/mol. The summed E-state index contributed by atoms with van der Waals surface area (Å²) in [6.07, 6.45) is 1.51. The molecule has 0 saturated heterocycles. The van der Waals surface area contributed by atoms with Gasteiger partial charge in [0.1, 0.15) is 5.82 Å². The summed E-state index contributed by atoms with van der Waals surface area (Å²) in [4.78, 5) is 28.3. The molecule has 0 fully saturated rings. The molecule has 2 aromatic rings. The highest BCUT2D eigenvalue weighted by Crippen LogP contribution is 2.17. The molecule has 0 unspecified atom stereocenters. The number of rotatable bonds is 3. The predicted octanol–water partition coefficient (Wildman–Crippen LogP) is 2.80. The largest absolute Gasteiger partial charge is 0.292 e. The molecular formula is C13H10BrIN2O2. The number of Topliss-reactive ketones (excluding diaryl/α,β-unsaturated/α-hetero) is 1. The maximum absolute atomic E-state index is 12.2. The average Bonchev–Trinajstić information content (AvgIpc) is 2.39. The zero-order valence-electron chi connectivity index (χ0n) is 10.1.